The molecular weight excluding hydrogens is 492 g/mol. The van der Waals surface area contributed by atoms with Crippen molar-refractivity contribution in [3.63, 3.8) is 0 Å². The third kappa shape index (κ3) is 6.60. The van der Waals surface area contributed by atoms with E-state index in [9.17, 15) is 19.2 Å². The van der Waals surface area contributed by atoms with Gasteiger partial charge in [-0.3, -0.25) is 19.2 Å². The Morgan fingerprint density at radius 1 is 1.10 bits per heavy atom. The van der Waals surface area contributed by atoms with Crippen molar-refractivity contribution in [3.05, 3.63) is 59.4 Å². The van der Waals surface area contributed by atoms with Gasteiger partial charge in [0, 0.05) is 49.3 Å². The first kappa shape index (κ1) is 28.6. The summed E-state index contributed by atoms with van der Waals surface area (Å²) < 4.78 is 2.03. The number of hydrogen-bond acceptors (Lipinski definition) is 4. The number of aromatic nitrogens is 1. The first-order valence-electron chi connectivity index (χ1n) is 14.3. The molecular formula is C31H42N4O4. The summed E-state index contributed by atoms with van der Waals surface area (Å²) in [5.74, 6) is -2.70. The van der Waals surface area contributed by atoms with Crippen LogP contribution in [0.15, 0.2) is 42.6 Å². The summed E-state index contributed by atoms with van der Waals surface area (Å²) in [5, 5.41) is 6.17. The van der Waals surface area contributed by atoms with Crippen LogP contribution in [0.3, 0.4) is 0 Å². The maximum Gasteiger partial charge on any atom is 0.225 e. The van der Waals surface area contributed by atoms with E-state index >= 15 is 0 Å². The summed E-state index contributed by atoms with van der Waals surface area (Å²) >= 11 is 0. The van der Waals surface area contributed by atoms with E-state index in [1.165, 1.54) is 0 Å². The molecule has 2 aromatic rings. The summed E-state index contributed by atoms with van der Waals surface area (Å²) in [7, 11) is 0. The third-order valence-corrected chi connectivity index (χ3v) is 8.25. The number of hydrogen-bond donors (Lipinski definition) is 3. The van der Waals surface area contributed by atoms with Crippen molar-refractivity contribution in [2.24, 2.45) is 29.4 Å². The monoisotopic (exact) mass is 534 g/mol. The normalized spacial score (nSPS) is 21.9. The standard InChI is InChI=1S/C31H42N4O4/c1-4-8-23(29(32)37)24(15-19(2)3)31(39)34-25-12-11-21-13-14-35-18-22(16-26(36)27(25)28(21)35)30(38)33-17-20-9-6-5-7-10-20/h5-7,9-10,13-14,19,22-25,27H,4,8,11-12,15-18H2,1-3H3,(H2,32,37)(H,33,38)(H,34,39). The maximum absolute atomic E-state index is 13.7. The topological polar surface area (TPSA) is 123 Å². The Balaban J connectivity index is 1.53. The minimum absolute atomic E-state index is 0.0287. The highest BCUT2D eigenvalue weighted by atomic mass is 16.2. The molecule has 0 radical (unpaired) electrons. The number of ketones is 1. The van der Waals surface area contributed by atoms with Crippen LogP contribution in [0.2, 0.25) is 0 Å². The first-order valence-corrected chi connectivity index (χ1v) is 14.3. The molecule has 2 heterocycles. The minimum Gasteiger partial charge on any atom is -0.369 e. The van der Waals surface area contributed by atoms with Crippen LogP contribution in [0.4, 0.5) is 0 Å². The van der Waals surface area contributed by atoms with Gasteiger partial charge in [-0.05, 0) is 48.8 Å². The van der Waals surface area contributed by atoms with Crippen LogP contribution >= 0.6 is 0 Å². The molecule has 1 aliphatic heterocycles. The minimum atomic E-state index is -0.539. The van der Waals surface area contributed by atoms with E-state index in [2.05, 4.69) is 10.6 Å². The number of Topliss-reactive ketones (excluding diaryl/α,β-unsaturated/α-hetero) is 1. The predicted molar refractivity (Wildman–Crippen MR) is 149 cm³/mol. The van der Waals surface area contributed by atoms with Gasteiger partial charge in [-0.2, -0.15) is 0 Å². The molecule has 0 fully saturated rings. The van der Waals surface area contributed by atoms with Gasteiger partial charge in [0.2, 0.25) is 17.7 Å². The van der Waals surface area contributed by atoms with Crippen LogP contribution in [-0.4, -0.2) is 34.1 Å². The number of nitrogens with one attached hydrogen (secondary N) is 2. The molecule has 5 atom stereocenters. The molecule has 2 aliphatic rings. The molecule has 39 heavy (non-hydrogen) atoms. The Kier molecular flexibility index (Phi) is 9.25. The average Bonchev–Trinajstić information content (AvgIpc) is 3.24. The molecule has 210 valence electrons. The number of nitrogens with two attached hydrogens (primary N) is 1. The first-order chi connectivity index (χ1) is 18.7. The molecule has 0 saturated heterocycles. The fourth-order valence-corrected chi connectivity index (χ4v) is 6.36. The van der Waals surface area contributed by atoms with Gasteiger partial charge in [0.1, 0.15) is 5.78 Å². The summed E-state index contributed by atoms with van der Waals surface area (Å²) in [6, 6.07) is 11.3. The van der Waals surface area contributed by atoms with Crippen molar-refractivity contribution < 1.29 is 19.2 Å². The lowest BCUT2D eigenvalue weighted by molar-refractivity contribution is -0.135. The molecule has 0 saturated carbocycles. The van der Waals surface area contributed by atoms with E-state index in [1.54, 1.807) is 0 Å². The molecule has 1 aromatic carbocycles. The molecule has 0 spiro atoms. The van der Waals surface area contributed by atoms with Crippen molar-refractivity contribution in [1.29, 1.82) is 0 Å². The van der Waals surface area contributed by atoms with E-state index in [4.69, 9.17) is 5.73 Å². The van der Waals surface area contributed by atoms with Gasteiger partial charge in [-0.1, -0.05) is 57.5 Å². The Labute approximate surface area is 231 Å². The summed E-state index contributed by atoms with van der Waals surface area (Å²) in [5.41, 5.74) is 8.75. The fraction of sp³-hybridized carbons (Fsp3) is 0.548. The fourth-order valence-electron chi connectivity index (χ4n) is 6.36. The zero-order chi connectivity index (χ0) is 28.1. The summed E-state index contributed by atoms with van der Waals surface area (Å²) in [6.45, 7) is 6.87. The molecule has 8 heteroatoms. The highest BCUT2D eigenvalue weighted by Gasteiger charge is 2.43. The van der Waals surface area contributed by atoms with Gasteiger partial charge in [-0.25, -0.2) is 0 Å². The van der Waals surface area contributed by atoms with Crippen molar-refractivity contribution in [3.8, 4) is 0 Å². The summed E-state index contributed by atoms with van der Waals surface area (Å²) in [6.07, 6.45) is 5.32. The molecule has 5 unspecified atom stereocenters. The molecule has 4 N–H and O–H groups in total. The van der Waals surface area contributed by atoms with Crippen molar-refractivity contribution >= 4 is 23.5 Å². The van der Waals surface area contributed by atoms with Crippen molar-refractivity contribution in [2.75, 3.05) is 0 Å². The van der Waals surface area contributed by atoms with Gasteiger partial charge < -0.3 is 20.9 Å². The van der Waals surface area contributed by atoms with Crippen LogP contribution < -0.4 is 16.4 Å². The lowest BCUT2D eigenvalue weighted by atomic mass is 9.78. The number of rotatable bonds is 11. The van der Waals surface area contributed by atoms with Crippen LogP contribution in [0.25, 0.3) is 0 Å². The number of carbonyl (C=O) groups excluding carboxylic acids is 4. The van der Waals surface area contributed by atoms with Gasteiger partial charge in [0.05, 0.1) is 11.8 Å². The highest BCUT2D eigenvalue weighted by molar-refractivity contribution is 5.93. The van der Waals surface area contributed by atoms with Gasteiger partial charge >= 0.3 is 0 Å². The van der Waals surface area contributed by atoms with E-state index in [1.807, 2.05) is 67.9 Å². The van der Waals surface area contributed by atoms with E-state index in [0.29, 0.717) is 32.4 Å². The van der Waals surface area contributed by atoms with Crippen LogP contribution in [0.5, 0.6) is 0 Å². The SMILES string of the molecule is CCCC(C(N)=O)C(CC(C)C)C(=O)NC1CCc2ccn3c2C1C(=O)CC(C(=O)NCc1ccccc1)C3. The average molecular weight is 535 g/mol. The zero-order valence-electron chi connectivity index (χ0n) is 23.3. The van der Waals surface area contributed by atoms with Gasteiger partial charge in [0.25, 0.3) is 0 Å². The number of aryl methyl sites for hydroxylation is 1. The largest absolute Gasteiger partial charge is 0.369 e. The molecule has 1 aliphatic carbocycles. The zero-order valence-corrected chi connectivity index (χ0v) is 23.3. The molecule has 3 amide bonds. The Morgan fingerprint density at radius 3 is 2.51 bits per heavy atom. The lowest BCUT2D eigenvalue weighted by Crippen LogP contribution is -2.49. The second kappa shape index (κ2) is 12.6. The number of primary amides is 1. The van der Waals surface area contributed by atoms with Gasteiger partial charge in [-0.15, -0.1) is 0 Å². The third-order valence-electron chi connectivity index (χ3n) is 8.25. The van der Waals surface area contributed by atoms with Crippen LogP contribution in [0, 0.1) is 23.7 Å². The molecule has 4 rings (SSSR count). The van der Waals surface area contributed by atoms with Crippen molar-refractivity contribution in [1.82, 2.24) is 15.2 Å². The number of amides is 3. The Morgan fingerprint density at radius 2 is 1.85 bits per heavy atom. The quantitative estimate of drug-likeness (QED) is 0.408. The molecule has 1 aromatic heterocycles. The van der Waals surface area contributed by atoms with E-state index in [-0.39, 0.29) is 36.0 Å². The molecule has 0 bridgehead atoms. The maximum atomic E-state index is 13.7. The second-order valence-electron chi connectivity index (χ2n) is 11.6. The Bertz CT molecular complexity index is 1190. The number of nitrogens with zero attached hydrogens (tertiary/aromatic N) is 1. The highest BCUT2D eigenvalue weighted by Crippen LogP contribution is 2.38. The smallest absolute Gasteiger partial charge is 0.225 e. The van der Waals surface area contributed by atoms with Crippen LogP contribution in [-0.2, 0) is 38.7 Å². The number of benzene rings is 1. The van der Waals surface area contributed by atoms with E-state index < -0.39 is 29.6 Å². The van der Waals surface area contributed by atoms with Gasteiger partial charge in [0.15, 0.2) is 0 Å². The number of carbonyl (C=O) groups is 4. The Hall–Kier alpha value is -3.42. The molecule has 8 nitrogen and oxygen atoms in total. The predicted octanol–water partition coefficient (Wildman–Crippen LogP) is 3.47. The van der Waals surface area contributed by atoms with E-state index in [0.717, 1.165) is 29.7 Å². The second-order valence-corrected chi connectivity index (χ2v) is 11.6. The van der Waals surface area contributed by atoms with Crippen LogP contribution in [0.1, 0.15) is 75.6 Å². The lowest BCUT2D eigenvalue weighted by Gasteiger charge is -2.34. The van der Waals surface area contributed by atoms with Crippen molar-refractivity contribution in [2.45, 2.75) is 84.3 Å². The summed E-state index contributed by atoms with van der Waals surface area (Å²) in [4.78, 5) is 52.9.